The summed E-state index contributed by atoms with van der Waals surface area (Å²) in [4.78, 5) is 3.76. The molecule has 0 heterocycles. The molecule has 0 rings (SSSR count). The Bertz CT molecular complexity index is 202. The van der Waals surface area contributed by atoms with Crippen LogP contribution in [0.15, 0.2) is 4.99 Å². The summed E-state index contributed by atoms with van der Waals surface area (Å²) >= 11 is 0. The first kappa shape index (κ1) is 15.4. The molecule has 0 amide bonds. The third kappa shape index (κ3) is 10.9. The molecule has 0 bridgehead atoms. The predicted octanol–water partition coefficient (Wildman–Crippen LogP) is 1.48. The zero-order valence-electron chi connectivity index (χ0n) is 8.34. The van der Waals surface area contributed by atoms with Crippen LogP contribution in [0.4, 0.5) is 0 Å². The van der Waals surface area contributed by atoms with Gasteiger partial charge >= 0.3 is 0 Å². The van der Waals surface area contributed by atoms with Crippen molar-refractivity contribution in [3.05, 3.63) is 0 Å². The van der Waals surface area contributed by atoms with Crippen LogP contribution in [0.5, 0.6) is 0 Å². The summed E-state index contributed by atoms with van der Waals surface area (Å²) in [5.74, 6) is -0.334. The van der Waals surface area contributed by atoms with Gasteiger partial charge in [0.15, 0.2) is 5.96 Å². The summed E-state index contributed by atoms with van der Waals surface area (Å²) in [6.45, 7) is 2.14. The van der Waals surface area contributed by atoms with E-state index in [2.05, 4.69) is 17.2 Å². The second-order valence-corrected chi connectivity index (χ2v) is 2.69. The number of unbranched alkanes of at least 4 members (excludes halogenated alkanes) is 3. The van der Waals surface area contributed by atoms with Crippen molar-refractivity contribution in [3.8, 4) is 0 Å². The fourth-order valence-corrected chi connectivity index (χ4v) is 0.801. The maximum atomic E-state index is 7.17. The lowest BCUT2D eigenvalue weighted by atomic mass is 10.2. The van der Waals surface area contributed by atoms with E-state index < -0.39 is 0 Å². The van der Waals surface area contributed by atoms with Crippen molar-refractivity contribution in [2.45, 2.75) is 32.6 Å². The van der Waals surface area contributed by atoms with Crippen LogP contribution in [-0.2, 0) is 0 Å². The highest BCUT2D eigenvalue weighted by Gasteiger charge is 1.90. The summed E-state index contributed by atoms with van der Waals surface area (Å²) in [6, 6.07) is 0. The molecule has 5 N–H and O–H groups in total. The fourth-order valence-electron chi connectivity index (χ4n) is 0.801. The normalized spacial score (nSPS) is 9.50. The third-order valence-electron chi connectivity index (χ3n) is 1.41. The largest absolute Gasteiger partial charge is 0.370 e. The molecule has 0 aromatic rings. The zero-order chi connectivity index (χ0) is 10.1. The number of nitrogens with one attached hydrogen (secondary N) is 3. The molecule has 0 atom stereocenters. The molecule has 6 heteroatoms. The third-order valence-corrected chi connectivity index (χ3v) is 1.41. The Labute approximate surface area is 90.6 Å². The van der Waals surface area contributed by atoms with E-state index in [4.69, 9.17) is 16.6 Å². The smallest absolute Gasteiger partial charge is 0.221 e. The lowest BCUT2D eigenvalue weighted by molar-refractivity contribution is 0.746. The Morgan fingerprint density at radius 2 is 2.07 bits per heavy atom. The average molecular weight is 220 g/mol. The summed E-state index contributed by atoms with van der Waals surface area (Å²) < 4.78 is 0. The van der Waals surface area contributed by atoms with Crippen LogP contribution >= 0.6 is 12.4 Å². The Morgan fingerprint density at radius 1 is 1.43 bits per heavy atom. The van der Waals surface area contributed by atoms with E-state index in [1.165, 1.54) is 12.8 Å². The van der Waals surface area contributed by atoms with Gasteiger partial charge in [-0.25, -0.2) is 4.99 Å². The number of nitrogens with zero attached hydrogens (tertiary/aromatic N) is 1. The average Bonchev–Trinajstić information content (AvgIpc) is 2.02. The molecule has 5 nitrogen and oxygen atoms in total. The van der Waals surface area contributed by atoms with Gasteiger partial charge in [-0.2, -0.15) is 0 Å². The van der Waals surface area contributed by atoms with E-state index in [1.54, 1.807) is 6.21 Å². The molecular formula is C8H18ClN5. The molecule has 0 unspecified atom stereocenters. The monoisotopic (exact) mass is 219 g/mol. The molecule has 0 saturated carbocycles. The highest BCUT2D eigenvalue weighted by molar-refractivity contribution is 5.97. The Morgan fingerprint density at radius 3 is 2.57 bits per heavy atom. The van der Waals surface area contributed by atoms with Crippen molar-refractivity contribution >= 4 is 30.5 Å². The van der Waals surface area contributed by atoms with Gasteiger partial charge in [0.1, 0.15) is 0 Å². The van der Waals surface area contributed by atoms with Crippen LogP contribution in [0.2, 0.25) is 0 Å². The second kappa shape index (κ2) is 9.98. The number of aliphatic imine (C=N–C) groups is 1. The van der Waals surface area contributed by atoms with E-state index in [1.807, 2.05) is 0 Å². The molecule has 0 fully saturated rings. The molecule has 0 aliphatic rings. The Kier molecular flexibility index (Phi) is 11.0. The summed E-state index contributed by atoms with van der Waals surface area (Å²) in [5, 5.41) is 16.3. The second-order valence-electron chi connectivity index (χ2n) is 2.69. The van der Waals surface area contributed by atoms with Crippen molar-refractivity contribution in [1.29, 1.82) is 10.8 Å². The minimum atomic E-state index is -0.254. The molecule has 0 saturated heterocycles. The van der Waals surface area contributed by atoms with Gasteiger partial charge < -0.3 is 5.73 Å². The Hall–Kier alpha value is -1.10. The molecule has 0 aliphatic carbocycles. The SMILES string of the molecule is CCCCCC=NC(=N)NC(=N)N.Cl. The molecular weight excluding hydrogens is 202 g/mol. The fraction of sp³-hybridized carbons (Fsp3) is 0.625. The number of guanidine groups is 2. The number of rotatable bonds is 4. The molecule has 82 valence electrons. The van der Waals surface area contributed by atoms with Gasteiger partial charge in [-0.05, 0) is 12.8 Å². The lowest BCUT2D eigenvalue weighted by Crippen LogP contribution is -2.34. The molecule has 0 aromatic carbocycles. The summed E-state index contributed by atoms with van der Waals surface area (Å²) in [5.41, 5.74) is 5.00. The van der Waals surface area contributed by atoms with E-state index in [0.29, 0.717) is 0 Å². The van der Waals surface area contributed by atoms with Crippen LogP contribution in [0.25, 0.3) is 0 Å². The highest BCUT2D eigenvalue weighted by Crippen LogP contribution is 1.95. The first-order valence-electron chi connectivity index (χ1n) is 4.39. The molecule has 0 radical (unpaired) electrons. The van der Waals surface area contributed by atoms with Gasteiger partial charge in [0.2, 0.25) is 5.96 Å². The quantitative estimate of drug-likeness (QED) is 0.327. The maximum Gasteiger partial charge on any atom is 0.221 e. The van der Waals surface area contributed by atoms with E-state index in [9.17, 15) is 0 Å². The van der Waals surface area contributed by atoms with Gasteiger partial charge in [0.25, 0.3) is 0 Å². The maximum absolute atomic E-state index is 7.17. The number of halogens is 1. The van der Waals surface area contributed by atoms with E-state index >= 15 is 0 Å². The molecule has 14 heavy (non-hydrogen) atoms. The predicted molar refractivity (Wildman–Crippen MR) is 62.7 cm³/mol. The topological polar surface area (TPSA) is 98.1 Å². The van der Waals surface area contributed by atoms with Crippen molar-refractivity contribution in [2.24, 2.45) is 10.7 Å². The molecule has 0 spiro atoms. The van der Waals surface area contributed by atoms with Crippen LogP contribution < -0.4 is 11.1 Å². The van der Waals surface area contributed by atoms with Gasteiger partial charge in [0.05, 0.1) is 0 Å². The van der Waals surface area contributed by atoms with Gasteiger partial charge in [-0.1, -0.05) is 19.8 Å². The van der Waals surface area contributed by atoms with Crippen LogP contribution in [0.1, 0.15) is 32.6 Å². The summed E-state index contributed by atoms with van der Waals surface area (Å²) in [7, 11) is 0. The minimum Gasteiger partial charge on any atom is -0.370 e. The Balaban J connectivity index is 0. The number of hydrogen-bond donors (Lipinski definition) is 4. The minimum absolute atomic E-state index is 0. The van der Waals surface area contributed by atoms with Crippen molar-refractivity contribution in [1.82, 2.24) is 5.32 Å². The summed E-state index contributed by atoms with van der Waals surface area (Å²) in [6.07, 6.45) is 5.99. The number of hydrogen-bond acceptors (Lipinski definition) is 2. The number of nitrogens with two attached hydrogens (primary N) is 1. The van der Waals surface area contributed by atoms with Crippen LogP contribution in [-0.4, -0.2) is 18.1 Å². The molecule has 0 aliphatic heterocycles. The van der Waals surface area contributed by atoms with Crippen molar-refractivity contribution < 1.29 is 0 Å². The van der Waals surface area contributed by atoms with Gasteiger partial charge in [-0.15, -0.1) is 12.4 Å². The molecule has 0 aromatic heterocycles. The van der Waals surface area contributed by atoms with Gasteiger partial charge in [-0.3, -0.25) is 16.1 Å². The van der Waals surface area contributed by atoms with E-state index in [0.717, 1.165) is 12.8 Å². The lowest BCUT2D eigenvalue weighted by Gasteiger charge is -1.98. The van der Waals surface area contributed by atoms with Crippen LogP contribution in [0, 0.1) is 10.8 Å². The zero-order valence-corrected chi connectivity index (χ0v) is 9.16. The van der Waals surface area contributed by atoms with Crippen molar-refractivity contribution in [3.63, 3.8) is 0 Å². The van der Waals surface area contributed by atoms with Gasteiger partial charge in [0, 0.05) is 6.21 Å². The van der Waals surface area contributed by atoms with Crippen LogP contribution in [0.3, 0.4) is 0 Å². The highest BCUT2D eigenvalue weighted by atomic mass is 35.5. The first-order chi connectivity index (χ1) is 6.16. The van der Waals surface area contributed by atoms with E-state index in [-0.39, 0.29) is 24.3 Å². The first-order valence-corrected chi connectivity index (χ1v) is 4.39. The standard InChI is InChI=1S/C8H17N5.ClH/c1-2-3-4-5-6-12-8(11)13-7(9)10;/h6H,2-5H2,1H3,(H5,9,10,11,13);1H. The van der Waals surface area contributed by atoms with Crippen molar-refractivity contribution in [2.75, 3.05) is 0 Å².